The number of hydrogen-bond acceptors (Lipinski definition) is 3. The number of aromatic nitrogens is 1. The Morgan fingerprint density at radius 1 is 1.22 bits per heavy atom. The third-order valence-electron chi connectivity index (χ3n) is 2.71. The molecule has 2 aromatic rings. The number of ether oxygens (including phenoxy) is 1. The highest BCUT2D eigenvalue weighted by atomic mass is 19.1. The van der Waals surface area contributed by atoms with E-state index in [0.717, 1.165) is 0 Å². The number of methoxy groups -OCH3 is 1. The second-order valence-corrected chi connectivity index (χ2v) is 3.97. The van der Waals surface area contributed by atoms with Crippen LogP contribution < -0.4 is 10.1 Å². The van der Waals surface area contributed by atoms with E-state index in [2.05, 4.69) is 10.3 Å². The molecule has 0 saturated heterocycles. The number of pyridine rings is 1. The second kappa shape index (κ2) is 5.49. The fraction of sp³-hybridized carbons (Fsp3) is 0.214. The average molecular weight is 246 g/mol. The van der Waals surface area contributed by atoms with Crippen molar-refractivity contribution in [2.24, 2.45) is 0 Å². The van der Waals surface area contributed by atoms with Crippen LogP contribution in [0.1, 0.15) is 18.5 Å². The lowest BCUT2D eigenvalue weighted by Crippen LogP contribution is -2.09. The minimum atomic E-state index is -0.217. The van der Waals surface area contributed by atoms with Crippen LogP contribution in [0.3, 0.4) is 0 Å². The highest BCUT2D eigenvalue weighted by Gasteiger charge is 2.10. The molecule has 0 fully saturated rings. The number of benzene rings is 1. The molecular formula is C14H15FN2O. The van der Waals surface area contributed by atoms with E-state index in [-0.39, 0.29) is 11.9 Å². The van der Waals surface area contributed by atoms with Crippen LogP contribution in [0.5, 0.6) is 5.75 Å². The monoisotopic (exact) mass is 246 g/mol. The topological polar surface area (TPSA) is 34.1 Å². The van der Waals surface area contributed by atoms with E-state index in [9.17, 15) is 4.39 Å². The SMILES string of the molecule is COc1ccc(NC(C)c2ccccc2F)nc1. The summed E-state index contributed by atoms with van der Waals surface area (Å²) >= 11 is 0. The van der Waals surface area contributed by atoms with E-state index in [0.29, 0.717) is 17.1 Å². The molecule has 4 heteroatoms. The van der Waals surface area contributed by atoms with Crippen LogP contribution in [0.15, 0.2) is 42.6 Å². The molecule has 1 N–H and O–H groups in total. The molecule has 0 saturated carbocycles. The van der Waals surface area contributed by atoms with Gasteiger partial charge in [-0.3, -0.25) is 0 Å². The lowest BCUT2D eigenvalue weighted by molar-refractivity contribution is 0.413. The van der Waals surface area contributed by atoms with Gasteiger partial charge < -0.3 is 10.1 Å². The summed E-state index contributed by atoms with van der Waals surface area (Å²) in [7, 11) is 1.59. The van der Waals surface area contributed by atoms with Gasteiger partial charge in [0, 0.05) is 5.56 Å². The van der Waals surface area contributed by atoms with Crippen molar-refractivity contribution in [3.8, 4) is 5.75 Å². The zero-order chi connectivity index (χ0) is 13.0. The fourth-order valence-corrected chi connectivity index (χ4v) is 1.71. The third-order valence-corrected chi connectivity index (χ3v) is 2.71. The Morgan fingerprint density at radius 2 is 2.00 bits per heavy atom. The van der Waals surface area contributed by atoms with Crippen LogP contribution >= 0.6 is 0 Å². The largest absolute Gasteiger partial charge is 0.495 e. The normalized spacial score (nSPS) is 11.9. The van der Waals surface area contributed by atoms with Gasteiger partial charge in [0.2, 0.25) is 0 Å². The van der Waals surface area contributed by atoms with Gasteiger partial charge in [-0.05, 0) is 25.1 Å². The highest BCUT2D eigenvalue weighted by Crippen LogP contribution is 2.21. The van der Waals surface area contributed by atoms with E-state index in [4.69, 9.17) is 4.74 Å². The highest BCUT2D eigenvalue weighted by molar-refractivity contribution is 5.40. The number of rotatable bonds is 4. The van der Waals surface area contributed by atoms with E-state index in [1.807, 2.05) is 19.1 Å². The number of nitrogens with zero attached hydrogens (tertiary/aromatic N) is 1. The maximum Gasteiger partial charge on any atom is 0.137 e. The van der Waals surface area contributed by atoms with Gasteiger partial charge in [0.1, 0.15) is 17.4 Å². The van der Waals surface area contributed by atoms with E-state index in [1.165, 1.54) is 6.07 Å². The van der Waals surface area contributed by atoms with Crippen molar-refractivity contribution in [3.63, 3.8) is 0 Å². The van der Waals surface area contributed by atoms with E-state index < -0.39 is 0 Å². The van der Waals surface area contributed by atoms with Crippen LogP contribution in [0.2, 0.25) is 0 Å². The van der Waals surface area contributed by atoms with Gasteiger partial charge in [-0.1, -0.05) is 18.2 Å². The Bertz CT molecular complexity index is 513. The molecular weight excluding hydrogens is 231 g/mol. The minimum absolute atomic E-state index is 0.146. The first-order chi connectivity index (χ1) is 8.70. The van der Waals surface area contributed by atoms with Gasteiger partial charge in [-0.2, -0.15) is 0 Å². The van der Waals surface area contributed by atoms with Crippen LogP contribution in [0.25, 0.3) is 0 Å². The zero-order valence-electron chi connectivity index (χ0n) is 10.4. The van der Waals surface area contributed by atoms with E-state index >= 15 is 0 Å². The molecule has 0 aliphatic heterocycles. The number of nitrogens with one attached hydrogen (secondary N) is 1. The lowest BCUT2D eigenvalue weighted by Gasteiger charge is -2.15. The minimum Gasteiger partial charge on any atom is -0.495 e. The van der Waals surface area contributed by atoms with Crippen LogP contribution in [0.4, 0.5) is 10.2 Å². The molecule has 0 amide bonds. The third kappa shape index (κ3) is 2.77. The van der Waals surface area contributed by atoms with Crippen molar-refractivity contribution in [3.05, 3.63) is 54.0 Å². The number of hydrogen-bond donors (Lipinski definition) is 1. The summed E-state index contributed by atoms with van der Waals surface area (Å²) in [5, 5.41) is 3.14. The van der Waals surface area contributed by atoms with Gasteiger partial charge in [-0.25, -0.2) is 9.37 Å². The maximum atomic E-state index is 13.6. The molecule has 1 aromatic carbocycles. The second-order valence-electron chi connectivity index (χ2n) is 3.97. The Kier molecular flexibility index (Phi) is 3.77. The lowest BCUT2D eigenvalue weighted by atomic mass is 10.1. The van der Waals surface area contributed by atoms with Crippen molar-refractivity contribution in [1.82, 2.24) is 4.98 Å². The van der Waals surface area contributed by atoms with Crippen LogP contribution in [-0.4, -0.2) is 12.1 Å². The van der Waals surface area contributed by atoms with E-state index in [1.54, 1.807) is 31.5 Å². The molecule has 1 unspecified atom stereocenters. The summed E-state index contributed by atoms with van der Waals surface area (Å²) in [6, 6.07) is 10.2. The fourth-order valence-electron chi connectivity index (χ4n) is 1.71. The molecule has 0 aliphatic carbocycles. The average Bonchev–Trinajstić information content (AvgIpc) is 2.40. The Hall–Kier alpha value is -2.10. The molecule has 0 spiro atoms. The molecule has 0 radical (unpaired) electrons. The van der Waals surface area contributed by atoms with Gasteiger partial charge in [0.05, 0.1) is 19.3 Å². The van der Waals surface area contributed by atoms with Gasteiger partial charge in [-0.15, -0.1) is 0 Å². The van der Waals surface area contributed by atoms with Crippen LogP contribution in [-0.2, 0) is 0 Å². The summed E-state index contributed by atoms with van der Waals surface area (Å²) in [6.07, 6.45) is 1.62. The van der Waals surface area contributed by atoms with Crippen molar-refractivity contribution in [2.45, 2.75) is 13.0 Å². The summed E-state index contributed by atoms with van der Waals surface area (Å²) in [5.41, 5.74) is 0.620. The van der Waals surface area contributed by atoms with Crippen molar-refractivity contribution in [1.29, 1.82) is 0 Å². The number of anilines is 1. The summed E-state index contributed by atoms with van der Waals surface area (Å²) in [4.78, 5) is 4.19. The standard InChI is InChI=1S/C14H15FN2O/c1-10(12-5-3-4-6-13(12)15)17-14-8-7-11(18-2)9-16-14/h3-10H,1-2H3,(H,16,17). The molecule has 18 heavy (non-hydrogen) atoms. The first-order valence-corrected chi connectivity index (χ1v) is 5.71. The summed E-state index contributed by atoms with van der Waals surface area (Å²) in [6.45, 7) is 1.89. The molecule has 1 aromatic heterocycles. The first-order valence-electron chi connectivity index (χ1n) is 5.71. The summed E-state index contributed by atoms with van der Waals surface area (Å²) < 4.78 is 18.6. The molecule has 2 rings (SSSR count). The Balaban J connectivity index is 2.11. The smallest absolute Gasteiger partial charge is 0.137 e. The predicted octanol–water partition coefficient (Wildman–Crippen LogP) is 3.40. The Labute approximate surface area is 106 Å². The van der Waals surface area contributed by atoms with Crippen molar-refractivity contribution >= 4 is 5.82 Å². The summed E-state index contributed by atoms with van der Waals surface area (Å²) in [5.74, 6) is 1.16. The molecule has 94 valence electrons. The molecule has 0 bridgehead atoms. The molecule has 3 nitrogen and oxygen atoms in total. The quantitative estimate of drug-likeness (QED) is 0.897. The van der Waals surface area contributed by atoms with Crippen LogP contribution in [0, 0.1) is 5.82 Å². The predicted molar refractivity (Wildman–Crippen MR) is 69.2 cm³/mol. The van der Waals surface area contributed by atoms with Gasteiger partial charge in [0.15, 0.2) is 0 Å². The molecule has 0 aliphatic rings. The first kappa shape index (κ1) is 12.4. The maximum absolute atomic E-state index is 13.6. The van der Waals surface area contributed by atoms with Gasteiger partial charge in [0.25, 0.3) is 0 Å². The molecule has 1 atom stereocenters. The van der Waals surface area contributed by atoms with Crippen molar-refractivity contribution in [2.75, 3.05) is 12.4 Å². The Morgan fingerprint density at radius 3 is 2.61 bits per heavy atom. The number of halogens is 1. The zero-order valence-corrected chi connectivity index (χ0v) is 10.4. The van der Waals surface area contributed by atoms with Crippen molar-refractivity contribution < 1.29 is 9.13 Å². The molecule has 1 heterocycles. The van der Waals surface area contributed by atoms with Gasteiger partial charge >= 0.3 is 0 Å².